The smallest absolute Gasteiger partial charge is 0.508 e. The fraction of sp³-hybridized carbons (Fsp3) is 0.333. The number of phenols is 1. The van der Waals surface area contributed by atoms with Crippen LogP contribution in [-0.2, 0) is 28.6 Å². The summed E-state index contributed by atoms with van der Waals surface area (Å²) in [7, 11) is -13.7. The van der Waals surface area contributed by atoms with Crippen molar-refractivity contribution in [2.75, 3.05) is 6.61 Å². The third kappa shape index (κ3) is 6.57. The second-order valence-electron chi connectivity index (χ2n) is 5.63. The number of hydrogen-bond donors (Lipinski definition) is 1. The van der Waals surface area contributed by atoms with Crippen molar-refractivity contribution in [3.8, 4) is 5.75 Å². The largest absolute Gasteiger partial charge is 0.524 e. The van der Waals surface area contributed by atoms with Crippen LogP contribution in [0.2, 0.25) is 0 Å². The Morgan fingerprint density at radius 1 is 1.00 bits per heavy atom. The minimum atomic E-state index is -6.85. The Balaban J connectivity index is 0.000000337. The van der Waals surface area contributed by atoms with Crippen LogP contribution in [0.15, 0.2) is 22.6 Å². The van der Waals surface area contributed by atoms with E-state index in [-0.39, 0.29) is 35.0 Å². The standard InChI is InChI=1S/C13H12O5.C2F6O5S2/c1-3-17-13(16)11-9-5-4-8(15)6-10(9)18-12(11)7(2)14;3-1(4,5)14(9,10)13-15(11,12)2(6,7)8/h4-6,15H,3H2,1-2H3;. The molecule has 0 bridgehead atoms. The number of aromatic hydroxyl groups is 1. The van der Waals surface area contributed by atoms with Gasteiger partial charge in [0, 0.05) is 18.4 Å². The van der Waals surface area contributed by atoms with E-state index >= 15 is 0 Å². The van der Waals surface area contributed by atoms with Crippen molar-refractivity contribution in [3.05, 3.63) is 29.5 Å². The zero-order chi connectivity index (χ0) is 26.0. The molecular weight excluding hydrogens is 518 g/mol. The minimum absolute atomic E-state index is 0.00163. The average Bonchev–Trinajstić information content (AvgIpc) is 2.98. The summed E-state index contributed by atoms with van der Waals surface area (Å²) in [5, 5.41) is 9.80. The summed E-state index contributed by atoms with van der Waals surface area (Å²) in [6, 6.07) is 4.29. The first-order valence-corrected chi connectivity index (χ1v) is 10.8. The van der Waals surface area contributed by atoms with Gasteiger partial charge in [-0.05, 0) is 19.1 Å². The van der Waals surface area contributed by atoms with Gasteiger partial charge in [-0.3, -0.25) is 4.79 Å². The molecule has 0 radical (unpaired) electrons. The maximum atomic E-state index is 11.8. The molecule has 0 aliphatic rings. The molecule has 0 atom stereocenters. The van der Waals surface area contributed by atoms with Crippen molar-refractivity contribution >= 4 is 43.0 Å². The van der Waals surface area contributed by atoms with Gasteiger partial charge in [0.2, 0.25) is 0 Å². The van der Waals surface area contributed by atoms with Crippen molar-refractivity contribution in [2.45, 2.75) is 24.9 Å². The molecule has 0 spiro atoms. The van der Waals surface area contributed by atoms with Crippen molar-refractivity contribution in [1.29, 1.82) is 0 Å². The summed E-state index contributed by atoms with van der Waals surface area (Å²) in [5.41, 5.74) is -12.1. The summed E-state index contributed by atoms with van der Waals surface area (Å²) < 4.78 is 120. The second kappa shape index (κ2) is 9.56. The Labute approximate surface area is 180 Å². The molecule has 186 valence electrons. The number of esters is 1. The molecule has 0 unspecified atom stereocenters. The highest BCUT2D eigenvalue weighted by atomic mass is 32.3. The maximum absolute atomic E-state index is 11.8. The molecule has 33 heavy (non-hydrogen) atoms. The molecule has 1 N–H and O–H groups in total. The molecule has 2 aromatic rings. The molecule has 1 aromatic carbocycles. The molecule has 0 saturated carbocycles. The highest BCUT2D eigenvalue weighted by molar-refractivity contribution is 8.00. The van der Waals surface area contributed by atoms with Gasteiger partial charge in [-0.15, -0.1) is 3.63 Å². The molecule has 0 amide bonds. The number of benzene rings is 1. The first kappa shape index (κ1) is 28.2. The van der Waals surface area contributed by atoms with Gasteiger partial charge in [-0.2, -0.15) is 43.2 Å². The third-order valence-corrected chi connectivity index (χ3v) is 5.79. The number of carbonyl (C=O) groups excluding carboxylic acids is 2. The monoisotopic (exact) mass is 530 g/mol. The number of carbonyl (C=O) groups is 2. The van der Waals surface area contributed by atoms with E-state index < -0.39 is 37.2 Å². The van der Waals surface area contributed by atoms with Crippen LogP contribution < -0.4 is 0 Å². The Morgan fingerprint density at radius 2 is 1.48 bits per heavy atom. The SMILES string of the molecule is CCOC(=O)c1c(C(C)=O)oc2cc(O)ccc12.O=S(=O)(OS(=O)(=O)C(F)(F)F)C(F)(F)F. The van der Waals surface area contributed by atoms with Gasteiger partial charge in [0.25, 0.3) is 0 Å². The summed E-state index contributed by atoms with van der Waals surface area (Å²) >= 11 is 0. The number of phenolic OH excluding ortho intramolecular Hbond substituents is 1. The van der Waals surface area contributed by atoms with Crippen LogP contribution in [0, 0.1) is 0 Å². The molecule has 1 aromatic heterocycles. The predicted octanol–water partition coefficient (Wildman–Crippen LogP) is 3.22. The Morgan fingerprint density at radius 3 is 1.88 bits per heavy atom. The van der Waals surface area contributed by atoms with Crippen molar-refractivity contribution < 1.29 is 70.7 Å². The van der Waals surface area contributed by atoms with Crippen LogP contribution in [0.25, 0.3) is 11.0 Å². The van der Waals surface area contributed by atoms with E-state index in [0.29, 0.717) is 5.39 Å². The molecule has 0 aliphatic carbocycles. The number of halogens is 6. The van der Waals surface area contributed by atoms with Gasteiger partial charge < -0.3 is 14.3 Å². The topological polar surface area (TPSA) is 154 Å². The normalized spacial score (nSPS) is 12.7. The lowest BCUT2D eigenvalue weighted by atomic mass is 10.1. The summed E-state index contributed by atoms with van der Waals surface area (Å²) in [6.07, 6.45) is 0. The first-order valence-electron chi connectivity index (χ1n) is 8.02. The van der Waals surface area contributed by atoms with E-state index in [1.54, 1.807) is 6.92 Å². The number of alkyl halides is 6. The van der Waals surface area contributed by atoms with Crippen LogP contribution in [0.3, 0.4) is 0 Å². The second-order valence-corrected chi connectivity index (χ2v) is 8.92. The fourth-order valence-corrected chi connectivity index (χ4v) is 3.49. The molecule has 10 nitrogen and oxygen atoms in total. The fourth-order valence-electron chi connectivity index (χ4n) is 1.93. The summed E-state index contributed by atoms with van der Waals surface area (Å²) in [4.78, 5) is 23.3. The first-order chi connectivity index (χ1) is 14.7. The van der Waals surface area contributed by atoms with Crippen LogP contribution >= 0.6 is 0 Å². The number of fused-ring (bicyclic) bond motifs is 1. The number of furan rings is 1. The molecular formula is C15H12F6O10S2. The van der Waals surface area contributed by atoms with Gasteiger partial charge in [0.1, 0.15) is 16.9 Å². The molecule has 2 rings (SSSR count). The number of Topliss-reactive ketones (excluding diaryl/α,β-unsaturated/α-hetero) is 1. The summed E-state index contributed by atoms with van der Waals surface area (Å²) in [5.74, 6) is -1.02. The zero-order valence-corrected chi connectivity index (χ0v) is 17.8. The Kier molecular flexibility index (Phi) is 8.16. The lowest BCUT2D eigenvalue weighted by Crippen LogP contribution is -2.34. The molecule has 0 aliphatic heterocycles. The maximum Gasteiger partial charge on any atom is 0.524 e. The molecule has 1 heterocycles. The van der Waals surface area contributed by atoms with Crippen molar-refractivity contribution in [1.82, 2.24) is 0 Å². The zero-order valence-electron chi connectivity index (χ0n) is 16.1. The van der Waals surface area contributed by atoms with E-state index in [4.69, 9.17) is 9.15 Å². The van der Waals surface area contributed by atoms with E-state index in [2.05, 4.69) is 0 Å². The average molecular weight is 530 g/mol. The highest BCUT2D eigenvalue weighted by Gasteiger charge is 2.57. The van der Waals surface area contributed by atoms with E-state index in [1.807, 2.05) is 3.63 Å². The van der Waals surface area contributed by atoms with Gasteiger partial charge in [-0.25, -0.2) is 4.79 Å². The van der Waals surface area contributed by atoms with Crippen LogP contribution in [0.5, 0.6) is 5.75 Å². The Hall–Kier alpha value is -2.86. The minimum Gasteiger partial charge on any atom is -0.508 e. The van der Waals surface area contributed by atoms with Crippen molar-refractivity contribution in [3.63, 3.8) is 0 Å². The van der Waals surface area contributed by atoms with Crippen LogP contribution in [0.4, 0.5) is 26.3 Å². The number of rotatable bonds is 5. The lowest BCUT2D eigenvalue weighted by Gasteiger charge is -2.09. The number of ketones is 1. The number of ether oxygens (including phenoxy) is 1. The van der Waals surface area contributed by atoms with Gasteiger partial charge in [0.05, 0.1) is 6.61 Å². The third-order valence-electron chi connectivity index (χ3n) is 3.22. The van der Waals surface area contributed by atoms with Gasteiger partial charge in [-0.1, -0.05) is 0 Å². The van der Waals surface area contributed by atoms with Crippen LogP contribution in [-0.4, -0.2) is 51.3 Å². The van der Waals surface area contributed by atoms with Gasteiger partial charge in [0.15, 0.2) is 11.5 Å². The van der Waals surface area contributed by atoms with Crippen LogP contribution in [0.1, 0.15) is 34.8 Å². The molecule has 0 fully saturated rings. The van der Waals surface area contributed by atoms with Crippen molar-refractivity contribution in [2.24, 2.45) is 0 Å². The highest BCUT2D eigenvalue weighted by Crippen LogP contribution is 2.32. The predicted molar refractivity (Wildman–Crippen MR) is 94.9 cm³/mol. The quantitative estimate of drug-likeness (QED) is 0.264. The van der Waals surface area contributed by atoms with E-state index in [0.717, 1.165) is 0 Å². The van der Waals surface area contributed by atoms with E-state index in [1.165, 1.54) is 25.1 Å². The van der Waals surface area contributed by atoms with Gasteiger partial charge >= 0.3 is 37.2 Å². The Bertz CT molecular complexity index is 1210. The lowest BCUT2D eigenvalue weighted by molar-refractivity contribution is -0.0586. The summed E-state index contributed by atoms with van der Waals surface area (Å²) in [6.45, 7) is 3.20. The number of hydrogen-bond acceptors (Lipinski definition) is 10. The van der Waals surface area contributed by atoms with E-state index in [9.17, 15) is 57.9 Å². The molecule has 0 saturated heterocycles. The molecule has 18 heteroatoms.